The predicted octanol–water partition coefficient (Wildman–Crippen LogP) is 1.68. The first-order chi connectivity index (χ1) is 7.13. The van der Waals surface area contributed by atoms with Gasteiger partial charge in [0.15, 0.2) is 0 Å². The second-order valence-electron chi connectivity index (χ2n) is 4.77. The highest BCUT2D eigenvalue weighted by Crippen LogP contribution is 2.11. The lowest BCUT2D eigenvalue weighted by atomic mass is 9.99. The first-order valence-corrected chi connectivity index (χ1v) is 6.17. The molecule has 2 N–H and O–H groups in total. The summed E-state index contributed by atoms with van der Waals surface area (Å²) in [6, 6.07) is 0.915. The normalized spacial score (nSPS) is 28.5. The van der Waals surface area contributed by atoms with Crippen molar-refractivity contribution in [2.75, 3.05) is 6.54 Å². The molecule has 1 aliphatic heterocycles. The van der Waals surface area contributed by atoms with Gasteiger partial charge in [-0.2, -0.15) is 0 Å². The van der Waals surface area contributed by atoms with Crippen LogP contribution >= 0.6 is 0 Å². The third-order valence-electron chi connectivity index (χ3n) is 3.14. The largest absolute Gasteiger partial charge is 0.353 e. The fraction of sp³-hybridized carbons (Fsp3) is 0.917. The zero-order chi connectivity index (χ0) is 11.3. The average molecular weight is 212 g/mol. The summed E-state index contributed by atoms with van der Waals surface area (Å²) < 4.78 is 0. The number of carbonyl (C=O) groups is 1. The molecule has 0 aromatic carbocycles. The Hall–Kier alpha value is -0.570. The van der Waals surface area contributed by atoms with Crippen molar-refractivity contribution in [3.63, 3.8) is 0 Å². The Balaban J connectivity index is 2.30. The molecule has 0 radical (unpaired) electrons. The summed E-state index contributed by atoms with van der Waals surface area (Å²) in [5, 5.41) is 6.54. The number of hydrogen-bond acceptors (Lipinski definition) is 2. The molecule has 0 bridgehead atoms. The van der Waals surface area contributed by atoms with Gasteiger partial charge in [0.05, 0.1) is 0 Å². The van der Waals surface area contributed by atoms with Crippen LogP contribution in [0.1, 0.15) is 46.5 Å². The van der Waals surface area contributed by atoms with Gasteiger partial charge in [-0.05, 0) is 32.7 Å². The van der Waals surface area contributed by atoms with Gasteiger partial charge in [-0.25, -0.2) is 0 Å². The molecule has 0 spiro atoms. The van der Waals surface area contributed by atoms with E-state index in [0.29, 0.717) is 12.1 Å². The quantitative estimate of drug-likeness (QED) is 0.744. The molecular formula is C12H24N2O. The minimum atomic E-state index is 0.167. The molecule has 1 amide bonds. The fourth-order valence-electron chi connectivity index (χ4n) is 2.17. The monoisotopic (exact) mass is 212 g/mol. The van der Waals surface area contributed by atoms with Gasteiger partial charge in [0.1, 0.15) is 0 Å². The summed E-state index contributed by atoms with van der Waals surface area (Å²) in [4.78, 5) is 11.8. The molecule has 1 aliphatic rings. The lowest BCUT2D eigenvalue weighted by Crippen LogP contribution is -2.47. The Labute approximate surface area is 93.0 Å². The molecule has 0 aromatic heterocycles. The molecule has 0 aromatic rings. The lowest BCUT2D eigenvalue weighted by molar-refractivity contribution is -0.125. The van der Waals surface area contributed by atoms with E-state index in [4.69, 9.17) is 0 Å². The van der Waals surface area contributed by atoms with Crippen LogP contribution in [0.3, 0.4) is 0 Å². The number of amides is 1. The van der Waals surface area contributed by atoms with Crippen molar-refractivity contribution >= 4 is 5.91 Å². The van der Waals surface area contributed by atoms with Gasteiger partial charge in [0, 0.05) is 18.0 Å². The molecule has 0 aliphatic carbocycles. The van der Waals surface area contributed by atoms with Crippen LogP contribution in [0.15, 0.2) is 0 Å². The van der Waals surface area contributed by atoms with Crippen molar-refractivity contribution in [2.24, 2.45) is 5.92 Å². The van der Waals surface area contributed by atoms with Crippen molar-refractivity contribution in [3.8, 4) is 0 Å². The lowest BCUT2D eigenvalue weighted by Gasteiger charge is -2.29. The van der Waals surface area contributed by atoms with E-state index in [1.807, 2.05) is 6.92 Å². The average Bonchev–Trinajstić information content (AvgIpc) is 2.18. The van der Waals surface area contributed by atoms with Gasteiger partial charge in [0.2, 0.25) is 5.91 Å². The summed E-state index contributed by atoms with van der Waals surface area (Å²) in [5.41, 5.74) is 0. The van der Waals surface area contributed by atoms with E-state index in [1.54, 1.807) is 0 Å². The van der Waals surface area contributed by atoms with E-state index in [9.17, 15) is 4.79 Å². The molecule has 1 saturated heterocycles. The van der Waals surface area contributed by atoms with Gasteiger partial charge in [-0.15, -0.1) is 0 Å². The molecular weight excluding hydrogens is 188 g/mol. The van der Waals surface area contributed by atoms with Crippen LogP contribution in [0.2, 0.25) is 0 Å². The highest BCUT2D eigenvalue weighted by atomic mass is 16.1. The fourth-order valence-corrected chi connectivity index (χ4v) is 2.17. The van der Waals surface area contributed by atoms with Crippen LogP contribution in [-0.2, 0) is 4.79 Å². The SMILES string of the molecule is CCCC(C)C(=O)NC1CCNC(C)C1. The van der Waals surface area contributed by atoms with Crippen molar-refractivity contribution in [3.05, 3.63) is 0 Å². The van der Waals surface area contributed by atoms with E-state index >= 15 is 0 Å². The first-order valence-electron chi connectivity index (χ1n) is 6.17. The van der Waals surface area contributed by atoms with Gasteiger partial charge in [-0.1, -0.05) is 20.3 Å². The maximum absolute atomic E-state index is 11.8. The Morgan fingerprint density at radius 3 is 2.93 bits per heavy atom. The van der Waals surface area contributed by atoms with Crippen molar-refractivity contribution in [1.29, 1.82) is 0 Å². The standard InChI is InChI=1S/C12H24N2O/c1-4-5-9(2)12(15)14-11-6-7-13-10(3)8-11/h9-11,13H,4-8H2,1-3H3,(H,14,15). The third kappa shape index (κ3) is 4.20. The van der Waals surface area contributed by atoms with Gasteiger partial charge in [0.25, 0.3) is 0 Å². The predicted molar refractivity (Wildman–Crippen MR) is 62.7 cm³/mol. The molecule has 0 saturated carbocycles. The van der Waals surface area contributed by atoms with E-state index in [0.717, 1.165) is 32.2 Å². The zero-order valence-electron chi connectivity index (χ0n) is 10.2. The third-order valence-corrected chi connectivity index (χ3v) is 3.14. The molecule has 3 atom stereocenters. The van der Waals surface area contributed by atoms with E-state index in [-0.39, 0.29) is 11.8 Å². The van der Waals surface area contributed by atoms with E-state index in [1.165, 1.54) is 0 Å². The highest BCUT2D eigenvalue weighted by Gasteiger charge is 2.21. The highest BCUT2D eigenvalue weighted by molar-refractivity contribution is 5.78. The number of carbonyl (C=O) groups excluding carboxylic acids is 1. The van der Waals surface area contributed by atoms with Crippen LogP contribution < -0.4 is 10.6 Å². The minimum absolute atomic E-state index is 0.167. The Bertz CT molecular complexity index is 206. The van der Waals surface area contributed by atoms with Gasteiger partial charge >= 0.3 is 0 Å². The maximum atomic E-state index is 11.8. The van der Waals surface area contributed by atoms with Crippen LogP contribution in [0.4, 0.5) is 0 Å². The minimum Gasteiger partial charge on any atom is -0.353 e. The molecule has 1 heterocycles. The molecule has 1 fully saturated rings. The second kappa shape index (κ2) is 6.11. The smallest absolute Gasteiger partial charge is 0.223 e. The van der Waals surface area contributed by atoms with Crippen molar-refractivity contribution < 1.29 is 4.79 Å². The summed E-state index contributed by atoms with van der Waals surface area (Å²) in [7, 11) is 0. The van der Waals surface area contributed by atoms with Crippen LogP contribution in [0.25, 0.3) is 0 Å². The number of rotatable bonds is 4. The zero-order valence-corrected chi connectivity index (χ0v) is 10.2. The maximum Gasteiger partial charge on any atom is 0.223 e. The molecule has 1 rings (SSSR count). The Morgan fingerprint density at radius 1 is 1.60 bits per heavy atom. The summed E-state index contributed by atoms with van der Waals surface area (Å²) >= 11 is 0. The van der Waals surface area contributed by atoms with Crippen LogP contribution in [0.5, 0.6) is 0 Å². The summed E-state index contributed by atoms with van der Waals surface area (Å²) in [6.45, 7) is 7.34. The van der Waals surface area contributed by atoms with E-state index < -0.39 is 0 Å². The number of hydrogen-bond donors (Lipinski definition) is 2. The van der Waals surface area contributed by atoms with Gasteiger partial charge in [-0.3, -0.25) is 4.79 Å². The Morgan fingerprint density at radius 2 is 2.33 bits per heavy atom. The number of nitrogens with one attached hydrogen (secondary N) is 2. The summed E-state index contributed by atoms with van der Waals surface area (Å²) in [6.07, 6.45) is 4.20. The molecule has 3 unspecified atom stereocenters. The first kappa shape index (κ1) is 12.5. The van der Waals surface area contributed by atoms with E-state index in [2.05, 4.69) is 24.5 Å². The topological polar surface area (TPSA) is 41.1 Å². The molecule has 15 heavy (non-hydrogen) atoms. The Kier molecular flexibility index (Phi) is 5.09. The van der Waals surface area contributed by atoms with Crippen molar-refractivity contribution in [2.45, 2.75) is 58.5 Å². The number of piperidine rings is 1. The molecule has 88 valence electrons. The molecule has 3 nitrogen and oxygen atoms in total. The van der Waals surface area contributed by atoms with Crippen LogP contribution in [0, 0.1) is 5.92 Å². The summed E-state index contributed by atoms with van der Waals surface area (Å²) in [5.74, 6) is 0.399. The van der Waals surface area contributed by atoms with Crippen molar-refractivity contribution in [1.82, 2.24) is 10.6 Å². The van der Waals surface area contributed by atoms with Gasteiger partial charge < -0.3 is 10.6 Å². The molecule has 3 heteroatoms. The van der Waals surface area contributed by atoms with Crippen LogP contribution in [-0.4, -0.2) is 24.5 Å². The second-order valence-corrected chi connectivity index (χ2v) is 4.77.